The van der Waals surface area contributed by atoms with E-state index in [1.54, 1.807) is 80.8 Å². The monoisotopic (exact) mass is 492 g/mol. The molecule has 1 aliphatic rings. The highest BCUT2D eigenvalue weighted by Gasteiger charge is 2.28. The fraction of sp³-hybridized carbons (Fsp3) is 0.192. The highest BCUT2D eigenvalue weighted by molar-refractivity contribution is 8.00. The Morgan fingerprint density at radius 3 is 2.46 bits per heavy atom. The van der Waals surface area contributed by atoms with E-state index in [1.165, 1.54) is 16.7 Å². The second-order valence-electron chi connectivity index (χ2n) is 7.83. The van der Waals surface area contributed by atoms with Gasteiger partial charge in [0.05, 0.1) is 11.3 Å². The van der Waals surface area contributed by atoms with Crippen molar-refractivity contribution in [2.45, 2.75) is 11.0 Å². The summed E-state index contributed by atoms with van der Waals surface area (Å²) in [6.45, 7) is 0.154. The van der Waals surface area contributed by atoms with Gasteiger partial charge in [-0.15, -0.1) is 11.8 Å². The van der Waals surface area contributed by atoms with Gasteiger partial charge in [-0.1, -0.05) is 42.5 Å². The van der Waals surface area contributed by atoms with Gasteiger partial charge in [-0.05, 0) is 24.3 Å². The van der Waals surface area contributed by atoms with Crippen molar-refractivity contribution in [2.75, 3.05) is 32.0 Å². The molecule has 8 nitrogen and oxygen atoms in total. The first kappa shape index (κ1) is 24.2. The minimum absolute atomic E-state index is 0.0669. The van der Waals surface area contributed by atoms with Crippen LogP contribution in [-0.4, -0.2) is 49.3 Å². The predicted octanol–water partition coefficient (Wildman–Crippen LogP) is 4.13. The molecular weight excluding hydrogens is 468 g/mol. The van der Waals surface area contributed by atoms with E-state index >= 15 is 0 Å². The Morgan fingerprint density at radius 1 is 0.971 bits per heavy atom. The number of hydrogen-bond acceptors (Lipinski definition) is 7. The largest absolute Gasteiger partial charge is 0.454 e. The van der Waals surface area contributed by atoms with E-state index in [1.807, 2.05) is 6.07 Å². The van der Waals surface area contributed by atoms with Crippen LogP contribution < -0.4 is 14.8 Å². The molecule has 35 heavy (non-hydrogen) atoms. The minimum atomic E-state index is -1.08. The van der Waals surface area contributed by atoms with Crippen molar-refractivity contribution < 1.29 is 28.6 Å². The number of likely N-dealkylation sites (N-methyl/N-ethyl adjacent to an activating group) is 1. The van der Waals surface area contributed by atoms with Gasteiger partial charge >= 0.3 is 5.97 Å². The SMILES string of the molecule is CN(C)C(=O)C(OC(=O)c1ccccc1SCC(=O)Nc1ccc2c(c1)OCO2)c1ccccc1. The topological polar surface area (TPSA) is 94.2 Å². The van der Waals surface area contributed by atoms with E-state index < -0.39 is 12.1 Å². The second-order valence-corrected chi connectivity index (χ2v) is 8.85. The van der Waals surface area contributed by atoms with Crippen LogP contribution in [0.25, 0.3) is 0 Å². The van der Waals surface area contributed by atoms with Gasteiger partial charge < -0.3 is 24.4 Å². The number of thioether (sulfide) groups is 1. The number of ether oxygens (including phenoxy) is 3. The van der Waals surface area contributed by atoms with Crippen molar-refractivity contribution >= 4 is 35.2 Å². The smallest absolute Gasteiger partial charge is 0.340 e. The van der Waals surface area contributed by atoms with E-state index in [2.05, 4.69) is 5.32 Å². The molecule has 1 atom stereocenters. The first-order chi connectivity index (χ1) is 16.9. The molecule has 0 saturated heterocycles. The molecule has 0 aromatic heterocycles. The lowest BCUT2D eigenvalue weighted by Gasteiger charge is -2.21. The Labute approximate surface area is 207 Å². The maximum atomic E-state index is 13.1. The van der Waals surface area contributed by atoms with Crippen LogP contribution in [-0.2, 0) is 14.3 Å². The summed E-state index contributed by atoms with van der Waals surface area (Å²) in [5.74, 6) is 0.0283. The molecule has 1 N–H and O–H groups in total. The van der Waals surface area contributed by atoms with Gasteiger partial charge in [0.25, 0.3) is 5.91 Å². The van der Waals surface area contributed by atoms with Crippen LogP contribution in [0.1, 0.15) is 22.0 Å². The molecule has 0 spiro atoms. The zero-order chi connectivity index (χ0) is 24.8. The molecule has 3 aromatic rings. The Morgan fingerprint density at radius 2 is 1.69 bits per heavy atom. The van der Waals surface area contributed by atoms with Crippen LogP contribution in [0.5, 0.6) is 11.5 Å². The van der Waals surface area contributed by atoms with E-state index in [0.717, 1.165) is 0 Å². The Bertz CT molecular complexity index is 1230. The molecule has 0 fully saturated rings. The van der Waals surface area contributed by atoms with E-state index in [0.29, 0.717) is 27.6 Å². The first-order valence-corrected chi connectivity index (χ1v) is 11.8. The normalized spacial score (nSPS) is 12.5. The molecule has 1 aliphatic heterocycles. The summed E-state index contributed by atoms with van der Waals surface area (Å²) in [5, 5.41) is 2.81. The number of nitrogens with one attached hydrogen (secondary N) is 1. The lowest BCUT2D eigenvalue weighted by Crippen LogP contribution is -2.31. The number of benzene rings is 3. The summed E-state index contributed by atoms with van der Waals surface area (Å²) in [5.41, 5.74) is 1.44. The minimum Gasteiger partial charge on any atom is -0.454 e. The summed E-state index contributed by atoms with van der Waals surface area (Å²) in [6.07, 6.45) is -1.08. The number of carbonyl (C=O) groups excluding carboxylic acids is 3. The maximum absolute atomic E-state index is 13.1. The van der Waals surface area contributed by atoms with Crippen molar-refractivity contribution in [3.05, 3.63) is 83.9 Å². The summed E-state index contributed by atoms with van der Waals surface area (Å²) in [4.78, 5) is 40.3. The summed E-state index contributed by atoms with van der Waals surface area (Å²) in [6, 6.07) is 20.8. The molecule has 180 valence electrons. The van der Waals surface area contributed by atoms with Crippen LogP contribution in [0.15, 0.2) is 77.7 Å². The molecule has 0 bridgehead atoms. The van der Waals surface area contributed by atoms with Gasteiger partial charge in [0.2, 0.25) is 18.8 Å². The Hall–Kier alpha value is -3.98. The highest BCUT2D eigenvalue weighted by Crippen LogP contribution is 2.34. The molecule has 9 heteroatoms. The highest BCUT2D eigenvalue weighted by atomic mass is 32.2. The van der Waals surface area contributed by atoms with Gasteiger partial charge in [-0.2, -0.15) is 0 Å². The molecule has 1 unspecified atom stereocenters. The van der Waals surface area contributed by atoms with Crippen molar-refractivity contribution in [1.29, 1.82) is 0 Å². The van der Waals surface area contributed by atoms with Gasteiger partial charge in [-0.3, -0.25) is 9.59 Å². The lowest BCUT2D eigenvalue weighted by atomic mass is 10.1. The van der Waals surface area contributed by atoms with Crippen LogP contribution in [0.4, 0.5) is 5.69 Å². The van der Waals surface area contributed by atoms with Crippen molar-refractivity contribution in [2.24, 2.45) is 0 Å². The zero-order valence-corrected chi connectivity index (χ0v) is 20.0. The van der Waals surface area contributed by atoms with Crippen LogP contribution in [0, 0.1) is 0 Å². The standard InChI is InChI=1S/C26H24N2O6S/c1-28(2)25(30)24(17-8-4-3-5-9-17)34-26(31)19-10-6-7-11-22(19)35-15-23(29)27-18-12-13-20-21(14-18)33-16-32-20/h3-14,24H,15-16H2,1-2H3,(H,27,29). The fourth-order valence-electron chi connectivity index (χ4n) is 3.37. The number of esters is 1. The van der Waals surface area contributed by atoms with Crippen LogP contribution >= 0.6 is 11.8 Å². The molecule has 0 aliphatic carbocycles. The summed E-state index contributed by atoms with van der Waals surface area (Å²) in [7, 11) is 3.21. The third-order valence-corrected chi connectivity index (χ3v) is 6.19. The summed E-state index contributed by atoms with van der Waals surface area (Å²) < 4.78 is 16.3. The quantitative estimate of drug-likeness (QED) is 0.373. The average molecular weight is 493 g/mol. The van der Waals surface area contributed by atoms with Crippen molar-refractivity contribution in [3.63, 3.8) is 0 Å². The number of carbonyl (C=O) groups is 3. The molecular formula is C26H24N2O6S. The zero-order valence-electron chi connectivity index (χ0n) is 19.2. The van der Waals surface area contributed by atoms with Gasteiger partial charge in [0, 0.05) is 36.3 Å². The van der Waals surface area contributed by atoms with E-state index in [-0.39, 0.29) is 29.9 Å². The van der Waals surface area contributed by atoms with Gasteiger partial charge in [0.15, 0.2) is 11.5 Å². The fourth-order valence-corrected chi connectivity index (χ4v) is 4.21. The van der Waals surface area contributed by atoms with Crippen LogP contribution in [0.2, 0.25) is 0 Å². The van der Waals surface area contributed by atoms with Crippen molar-refractivity contribution in [3.8, 4) is 11.5 Å². The number of fused-ring (bicyclic) bond motifs is 1. The Kier molecular flexibility index (Phi) is 7.57. The van der Waals surface area contributed by atoms with Crippen molar-refractivity contribution in [1.82, 2.24) is 4.90 Å². The molecule has 2 amide bonds. The number of amides is 2. The maximum Gasteiger partial charge on any atom is 0.340 e. The molecule has 3 aromatic carbocycles. The Balaban J connectivity index is 1.43. The number of hydrogen-bond donors (Lipinski definition) is 1. The molecule has 1 heterocycles. The third kappa shape index (κ3) is 5.93. The molecule has 0 radical (unpaired) electrons. The van der Waals surface area contributed by atoms with E-state index in [4.69, 9.17) is 14.2 Å². The molecule has 4 rings (SSSR count). The second kappa shape index (κ2) is 11.0. The number of nitrogens with zero attached hydrogens (tertiary/aromatic N) is 1. The van der Waals surface area contributed by atoms with Gasteiger partial charge in [0.1, 0.15) is 0 Å². The first-order valence-electron chi connectivity index (χ1n) is 10.8. The lowest BCUT2D eigenvalue weighted by molar-refractivity contribution is -0.138. The van der Waals surface area contributed by atoms with Gasteiger partial charge in [-0.25, -0.2) is 4.79 Å². The number of rotatable bonds is 8. The predicted molar refractivity (Wildman–Crippen MR) is 132 cm³/mol. The van der Waals surface area contributed by atoms with Crippen LogP contribution in [0.3, 0.4) is 0 Å². The number of anilines is 1. The third-order valence-electron chi connectivity index (χ3n) is 5.11. The average Bonchev–Trinajstić information content (AvgIpc) is 3.34. The molecule has 0 saturated carbocycles. The van der Waals surface area contributed by atoms with E-state index in [9.17, 15) is 14.4 Å². The summed E-state index contributed by atoms with van der Waals surface area (Å²) >= 11 is 1.20.